The van der Waals surface area contributed by atoms with Crippen LogP contribution in [0, 0.1) is 0 Å². The SMILES string of the molecule is COc1cccc(CN2CCCC2C2NNCC2S(C)(=O)=O)c1. The highest BCUT2D eigenvalue weighted by molar-refractivity contribution is 7.91. The molecule has 1 aromatic rings. The van der Waals surface area contributed by atoms with Gasteiger partial charge in [-0.1, -0.05) is 12.1 Å². The third-order valence-corrected chi connectivity index (χ3v) is 6.43. The summed E-state index contributed by atoms with van der Waals surface area (Å²) in [5.41, 5.74) is 7.42. The zero-order valence-electron chi connectivity index (χ0n) is 13.7. The Balaban J connectivity index is 1.75. The van der Waals surface area contributed by atoms with Crippen molar-refractivity contribution in [2.75, 3.05) is 26.5 Å². The van der Waals surface area contributed by atoms with E-state index in [4.69, 9.17) is 4.74 Å². The van der Waals surface area contributed by atoms with Gasteiger partial charge in [0.2, 0.25) is 0 Å². The Morgan fingerprint density at radius 1 is 1.39 bits per heavy atom. The first-order chi connectivity index (χ1) is 11.0. The second-order valence-electron chi connectivity index (χ2n) is 6.45. The minimum Gasteiger partial charge on any atom is -0.497 e. The van der Waals surface area contributed by atoms with E-state index >= 15 is 0 Å². The van der Waals surface area contributed by atoms with Crippen molar-refractivity contribution in [3.05, 3.63) is 29.8 Å². The van der Waals surface area contributed by atoms with Crippen molar-refractivity contribution >= 4 is 9.84 Å². The van der Waals surface area contributed by atoms with Gasteiger partial charge < -0.3 is 4.74 Å². The van der Waals surface area contributed by atoms with Gasteiger partial charge in [0.15, 0.2) is 9.84 Å². The number of hydrogen-bond donors (Lipinski definition) is 2. The zero-order valence-corrected chi connectivity index (χ0v) is 14.5. The highest BCUT2D eigenvalue weighted by atomic mass is 32.2. The molecule has 1 aromatic carbocycles. The molecule has 0 aromatic heterocycles. The summed E-state index contributed by atoms with van der Waals surface area (Å²) in [7, 11) is -1.40. The highest BCUT2D eigenvalue weighted by Gasteiger charge is 2.43. The number of hydrazine groups is 1. The predicted octanol–water partition coefficient (Wildman–Crippen LogP) is 0.549. The molecule has 2 N–H and O–H groups in total. The minimum atomic E-state index is -3.07. The molecule has 2 aliphatic rings. The molecule has 3 rings (SSSR count). The third kappa shape index (κ3) is 3.68. The molecular formula is C16H25N3O3S. The number of sulfone groups is 1. The number of hydrogen-bond acceptors (Lipinski definition) is 6. The van der Waals surface area contributed by atoms with Crippen molar-refractivity contribution in [3.63, 3.8) is 0 Å². The lowest BCUT2D eigenvalue weighted by Gasteiger charge is -2.31. The van der Waals surface area contributed by atoms with E-state index in [1.165, 1.54) is 11.8 Å². The standard InChI is InChI=1S/C16H25N3O3S/c1-22-13-6-3-5-12(9-13)11-19-8-4-7-14(19)16-15(10-17-18-16)23(2,20)21/h3,5-6,9,14-18H,4,7-8,10-11H2,1-2H3. The van der Waals surface area contributed by atoms with Crippen molar-refractivity contribution in [2.24, 2.45) is 0 Å². The molecule has 2 aliphatic heterocycles. The van der Waals surface area contributed by atoms with Gasteiger partial charge in [-0.25, -0.2) is 8.42 Å². The van der Waals surface area contributed by atoms with Crippen LogP contribution in [0.1, 0.15) is 18.4 Å². The quantitative estimate of drug-likeness (QED) is 0.816. The topological polar surface area (TPSA) is 70.7 Å². The fourth-order valence-electron chi connectivity index (χ4n) is 3.72. The van der Waals surface area contributed by atoms with E-state index in [1.807, 2.05) is 18.2 Å². The van der Waals surface area contributed by atoms with Crippen molar-refractivity contribution in [1.29, 1.82) is 0 Å². The van der Waals surface area contributed by atoms with Crippen LogP contribution in [-0.2, 0) is 16.4 Å². The Bertz CT molecular complexity index is 650. The molecule has 7 heteroatoms. The maximum Gasteiger partial charge on any atom is 0.153 e. The van der Waals surface area contributed by atoms with E-state index < -0.39 is 9.84 Å². The molecule has 0 bridgehead atoms. The van der Waals surface area contributed by atoms with Crippen LogP contribution >= 0.6 is 0 Å². The predicted molar refractivity (Wildman–Crippen MR) is 90.0 cm³/mol. The van der Waals surface area contributed by atoms with E-state index in [0.717, 1.165) is 31.7 Å². The number of nitrogens with one attached hydrogen (secondary N) is 2. The normalized spacial score (nSPS) is 29.0. The lowest BCUT2D eigenvalue weighted by molar-refractivity contribution is 0.204. The second kappa shape index (κ2) is 6.76. The summed E-state index contributed by atoms with van der Waals surface area (Å²) in [6, 6.07) is 8.24. The molecule has 6 nitrogen and oxygen atoms in total. The summed E-state index contributed by atoms with van der Waals surface area (Å²) in [5.74, 6) is 0.855. The van der Waals surface area contributed by atoms with Gasteiger partial charge in [0, 0.05) is 25.4 Å². The van der Waals surface area contributed by atoms with Crippen LogP contribution in [0.2, 0.25) is 0 Å². The van der Waals surface area contributed by atoms with Gasteiger partial charge in [-0.05, 0) is 37.1 Å². The van der Waals surface area contributed by atoms with Gasteiger partial charge in [-0.15, -0.1) is 0 Å². The van der Waals surface area contributed by atoms with Gasteiger partial charge in [0.05, 0.1) is 18.4 Å². The third-order valence-electron chi connectivity index (χ3n) is 4.87. The van der Waals surface area contributed by atoms with Crippen LogP contribution in [0.5, 0.6) is 5.75 Å². The molecule has 3 unspecified atom stereocenters. The molecule has 0 spiro atoms. The minimum absolute atomic E-state index is 0.0573. The number of nitrogens with zero attached hydrogens (tertiary/aromatic N) is 1. The van der Waals surface area contributed by atoms with E-state index in [0.29, 0.717) is 6.54 Å². The number of rotatable bonds is 5. The van der Waals surface area contributed by atoms with E-state index in [2.05, 4.69) is 21.8 Å². The van der Waals surface area contributed by atoms with Crippen LogP contribution < -0.4 is 15.6 Å². The Labute approximate surface area is 138 Å². The Morgan fingerprint density at radius 2 is 2.22 bits per heavy atom. The maximum atomic E-state index is 12.0. The molecule has 0 radical (unpaired) electrons. The van der Waals surface area contributed by atoms with Gasteiger partial charge in [0.25, 0.3) is 0 Å². The molecule has 2 fully saturated rings. The summed E-state index contributed by atoms with van der Waals surface area (Å²) in [4.78, 5) is 2.39. The Kier molecular flexibility index (Phi) is 4.91. The first-order valence-electron chi connectivity index (χ1n) is 8.03. The van der Waals surface area contributed by atoms with E-state index in [1.54, 1.807) is 7.11 Å². The average molecular weight is 339 g/mol. The maximum absolute atomic E-state index is 12.0. The average Bonchev–Trinajstić information content (AvgIpc) is 3.15. The summed E-state index contributed by atoms with van der Waals surface area (Å²) in [5, 5.41) is -0.363. The number of ether oxygens (including phenoxy) is 1. The molecule has 0 saturated carbocycles. The van der Waals surface area contributed by atoms with Crippen molar-refractivity contribution in [2.45, 2.75) is 36.7 Å². The summed E-state index contributed by atoms with van der Waals surface area (Å²) < 4.78 is 29.4. The van der Waals surface area contributed by atoms with Crippen molar-refractivity contribution in [1.82, 2.24) is 15.8 Å². The smallest absolute Gasteiger partial charge is 0.153 e. The van der Waals surface area contributed by atoms with Gasteiger partial charge in [-0.2, -0.15) is 0 Å². The van der Waals surface area contributed by atoms with E-state index in [9.17, 15) is 8.42 Å². The number of benzene rings is 1. The molecule has 128 valence electrons. The summed E-state index contributed by atoms with van der Waals surface area (Å²) in [6.45, 7) is 2.29. The van der Waals surface area contributed by atoms with Gasteiger partial charge in [-0.3, -0.25) is 15.8 Å². The van der Waals surface area contributed by atoms with E-state index in [-0.39, 0.29) is 17.3 Å². The highest BCUT2D eigenvalue weighted by Crippen LogP contribution is 2.27. The molecule has 0 amide bonds. The molecule has 23 heavy (non-hydrogen) atoms. The Morgan fingerprint density at radius 3 is 2.96 bits per heavy atom. The van der Waals surface area contributed by atoms with Crippen LogP contribution in [0.4, 0.5) is 0 Å². The van der Waals surface area contributed by atoms with Crippen molar-refractivity contribution in [3.8, 4) is 5.75 Å². The lowest BCUT2D eigenvalue weighted by atomic mass is 10.0. The first-order valence-corrected chi connectivity index (χ1v) is 9.99. The van der Waals surface area contributed by atoms with Gasteiger partial charge in [0.1, 0.15) is 5.75 Å². The van der Waals surface area contributed by atoms with Crippen LogP contribution in [0.3, 0.4) is 0 Å². The fraction of sp³-hybridized carbons (Fsp3) is 0.625. The Hall–Kier alpha value is -1.15. The van der Waals surface area contributed by atoms with Crippen molar-refractivity contribution < 1.29 is 13.2 Å². The first kappa shape index (κ1) is 16.7. The van der Waals surface area contributed by atoms with Crippen LogP contribution in [0.15, 0.2) is 24.3 Å². The lowest BCUT2D eigenvalue weighted by Crippen LogP contribution is -2.51. The zero-order chi connectivity index (χ0) is 16.4. The second-order valence-corrected chi connectivity index (χ2v) is 8.72. The fourth-order valence-corrected chi connectivity index (χ4v) is 4.89. The van der Waals surface area contributed by atoms with Gasteiger partial charge >= 0.3 is 0 Å². The molecule has 3 atom stereocenters. The molecule has 2 saturated heterocycles. The number of methoxy groups -OCH3 is 1. The summed E-state index contributed by atoms with van der Waals surface area (Å²) >= 11 is 0. The summed E-state index contributed by atoms with van der Waals surface area (Å²) in [6.07, 6.45) is 3.46. The molecule has 2 heterocycles. The van der Waals surface area contributed by atoms with Crippen LogP contribution in [0.25, 0.3) is 0 Å². The molecule has 0 aliphatic carbocycles. The monoisotopic (exact) mass is 339 g/mol. The number of likely N-dealkylation sites (tertiary alicyclic amines) is 1. The molecular weight excluding hydrogens is 314 g/mol. The largest absolute Gasteiger partial charge is 0.497 e. The van der Waals surface area contributed by atoms with Crippen LogP contribution in [-0.4, -0.2) is 57.1 Å².